The van der Waals surface area contributed by atoms with Gasteiger partial charge < -0.3 is 18.9 Å². The molecule has 2 aliphatic rings. The van der Waals surface area contributed by atoms with Crippen LogP contribution in [0.5, 0.6) is 23.0 Å². The molecule has 0 N–H and O–H groups in total. The fraction of sp³-hybridized carbons (Fsp3) is 0.221. The number of fused-ring (bicyclic) bond motifs is 6. The molecule has 2 aliphatic carbocycles. The van der Waals surface area contributed by atoms with Crippen molar-refractivity contribution in [2.75, 3.05) is 13.2 Å². The van der Waals surface area contributed by atoms with E-state index in [-0.39, 0.29) is 24.5 Å². The van der Waals surface area contributed by atoms with Gasteiger partial charge in [0.15, 0.2) is 0 Å². The average molecular weight is 1080 g/mol. The molecule has 0 bridgehead atoms. The number of hydrogen-bond acceptors (Lipinski definition) is 4. The lowest BCUT2D eigenvalue weighted by Crippen LogP contribution is -2.29. The molecule has 10 rings (SSSR count). The van der Waals surface area contributed by atoms with E-state index >= 15 is 0 Å². The summed E-state index contributed by atoms with van der Waals surface area (Å²) in [5.41, 5.74) is 17.1. The zero-order valence-electron chi connectivity index (χ0n) is 46.0. The molecular weight excluding hydrogens is 989 g/mol. The number of aryl methyl sites for hydroxylation is 2. The van der Waals surface area contributed by atoms with E-state index in [0.717, 1.165) is 70.6 Å². The van der Waals surface area contributed by atoms with E-state index in [2.05, 4.69) is 233 Å². The highest BCUT2D eigenvalue weighted by Gasteiger charge is 2.48. The van der Waals surface area contributed by atoms with Crippen LogP contribution in [-0.2, 0) is 10.8 Å². The molecule has 0 aromatic heterocycles. The molecule has 4 nitrogen and oxygen atoms in total. The van der Waals surface area contributed by atoms with Gasteiger partial charge in [-0.05, 0) is 194 Å². The van der Waals surface area contributed by atoms with Gasteiger partial charge in [0.1, 0.15) is 35.2 Å². The van der Waals surface area contributed by atoms with Crippen LogP contribution in [0.25, 0.3) is 33.4 Å². The third-order valence-corrected chi connectivity index (χ3v) is 15.5. The topological polar surface area (TPSA) is 36.9 Å². The number of benzene rings is 8. The first-order chi connectivity index (χ1) is 39.3. The molecule has 0 radical (unpaired) electrons. The predicted octanol–water partition coefficient (Wildman–Crippen LogP) is 20.2. The highest BCUT2D eigenvalue weighted by molar-refractivity contribution is 5.92. The van der Waals surface area contributed by atoms with Gasteiger partial charge in [-0.3, -0.25) is 0 Å². The molecule has 0 aliphatic heterocycles. The van der Waals surface area contributed by atoms with Gasteiger partial charge in [-0.1, -0.05) is 175 Å². The summed E-state index contributed by atoms with van der Waals surface area (Å²) in [7, 11) is 0. The Kier molecular flexibility index (Phi) is 17.9. The Hall–Kier alpha value is -9.68. The zero-order valence-corrected chi connectivity index (χ0v) is 46.0. The van der Waals surface area contributed by atoms with Crippen LogP contribution in [-0.4, -0.2) is 13.2 Å². The fourth-order valence-electron chi connectivity index (χ4n) is 11.9. The number of terminal acetylenes is 2. The Morgan fingerprint density at radius 2 is 0.827 bits per heavy atom. The van der Waals surface area contributed by atoms with Gasteiger partial charge in [0.2, 0.25) is 0 Å². The number of hydrogen-bond donors (Lipinski definition) is 0. The minimum atomic E-state index is -0.732. The first-order valence-electron chi connectivity index (χ1n) is 27.8. The molecule has 0 saturated heterocycles. The zero-order chi connectivity index (χ0) is 55.3. The SMILES string of the molecule is C.C#CC#CC#COc1ccc(C2(c3ccc(OCCCCCC)cc3)c3cc(C)ccc3-c3ccc(-c4ccc5c(c4)C(c4ccc(OC#CC#CC#C)cc4)(c4ccc(OCCCCCC)cc4)c4cccc(C)c4-5)cc32)cc1.[HH].[HH].[HH].[HH].[HH].[HH].[HH].[HH].[HH].[HH].[HH].[HH]. The van der Waals surface area contributed by atoms with E-state index in [9.17, 15) is 0 Å². The Labute approximate surface area is 499 Å². The van der Waals surface area contributed by atoms with Crippen molar-refractivity contribution >= 4 is 0 Å². The number of rotatable bonds is 19. The molecule has 8 aromatic carbocycles. The summed E-state index contributed by atoms with van der Waals surface area (Å²) < 4.78 is 24.4. The molecule has 422 valence electrons. The lowest BCUT2D eigenvalue weighted by atomic mass is 9.66. The van der Waals surface area contributed by atoms with Crippen molar-refractivity contribution in [1.82, 2.24) is 0 Å². The minimum absolute atomic E-state index is 0. The van der Waals surface area contributed by atoms with E-state index in [1.54, 1.807) is 0 Å². The first-order valence-corrected chi connectivity index (χ1v) is 27.8. The second-order valence-corrected chi connectivity index (χ2v) is 20.4. The summed E-state index contributed by atoms with van der Waals surface area (Å²) in [6.45, 7) is 10.2. The number of ether oxygens (including phenoxy) is 4. The molecule has 0 fully saturated rings. The van der Waals surface area contributed by atoms with E-state index in [0.29, 0.717) is 24.7 Å². The monoisotopic (exact) mass is 1080 g/mol. The van der Waals surface area contributed by atoms with Gasteiger partial charge in [0, 0.05) is 40.8 Å². The van der Waals surface area contributed by atoms with Gasteiger partial charge in [0.25, 0.3) is 0 Å². The highest BCUT2D eigenvalue weighted by Crippen LogP contribution is 2.60. The normalized spacial score (nSPS) is 14.5. The van der Waals surface area contributed by atoms with Gasteiger partial charge >= 0.3 is 0 Å². The van der Waals surface area contributed by atoms with E-state index in [4.69, 9.17) is 31.8 Å². The van der Waals surface area contributed by atoms with Crippen LogP contribution in [0.3, 0.4) is 0 Å². The fourth-order valence-corrected chi connectivity index (χ4v) is 11.9. The van der Waals surface area contributed by atoms with Crippen molar-refractivity contribution in [2.45, 2.75) is 97.3 Å². The second kappa shape index (κ2) is 25.9. The van der Waals surface area contributed by atoms with Gasteiger partial charge in [-0.15, -0.1) is 12.8 Å². The van der Waals surface area contributed by atoms with Crippen LogP contribution in [0, 0.1) is 86.3 Å². The maximum atomic E-state index is 6.36. The summed E-state index contributed by atoms with van der Waals surface area (Å²) >= 11 is 0. The van der Waals surface area contributed by atoms with E-state index in [1.807, 2.05) is 24.3 Å². The molecule has 2 atom stereocenters. The lowest BCUT2D eigenvalue weighted by Gasteiger charge is -2.35. The summed E-state index contributed by atoms with van der Waals surface area (Å²) in [5.74, 6) is 23.2. The predicted molar refractivity (Wildman–Crippen MR) is 357 cm³/mol. The third-order valence-electron chi connectivity index (χ3n) is 15.5. The largest absolute Gasteiger partial charge is 0.494 e. The summed E-state index contributed by atoms with van der Waals surface area (Å²) in [6, 6.07) is 61.7. The Morgan fingerprint density at radius 1 is 0.407 bits per heavy atom. The van der Waals surface area contributed by atoms with Crippen LogP contribution < -0.4 is 18.9 Å². The Morgan fingerprint density at radius 3 is 1.30 bits per heavy atom. The molecule has 8 aromatic rings. The van der Waals surface area contributed by atoms with Crippen molar-refractivity contribution in [1.29, 1.82) is 0 Å². The smallest absolute Gasteiger partial charge is 0.140 e. The molecule has 0 saturated carbocycles. The third kappa shape index (κ3) is 11.2. The summed E-state index contributed by atoms with van der Waals surface area (Å²) in [6.07, 6.45) is 25.1. The van der Waals surface area contributed by atoms with Crippen molar-refractivity contribution < 1.29 is 36.1 Å². The molecule has 4 heteroatoms. The second-order valence-electron chi connectivity index (χ2n) is 20.4. The molecule has 2 unspecified atom stereocenters. The Bertz CT molecular complexity index is 3970. The molecule has 0 heterocycles. The standard InChI is InChI=1S/C76H62O4.CH4.12H2/c1-7-11-15-19-48-77-63-37-29-59(30-38-63)75(60-31-39-64(40-32-60)78-49-20-16-12-8-2)70-25-23-24-56(6)74(70)69-47-28-58(54-73(69)75)57-27-46-68-67-45-26-55(5)52-71(67)76(72(68)53-57,61-33-41-65(42-34-61)79-50-21-17-13-9-3)62-35-43-66(44-36-62)80-51-22-18-14-10-4;;;;;;;;;;;;;/h1,3,23-47,52-54H,8,10,12,14,16,18,20,22,49,51H2,2,4-6H3;1H4;12*1H. The molecule has 81 heavy (non-hydrogen) atoms. The van der Waals surface area contributed by atoms with E-state index in [1.165, 1.54) is 81.3 Å². The summed E-state index contributed by atoms with van der Waals surface area (Å²) in [5, 5.41) is 0. The Balaban J connectivity index is -0.00000305. The maximum Gasteiger partial charge on any atom is 0.140 e. The molecule has 0 spiro atoms. The van der Waals surface area contributed by atoms with Crippen molar-refractivity contribution in [3.8, 4) is 129 Å². The minimum Gasteiger partial charge on any atom is -0.494 e. The average Bonchev–Trinajstić information content (AvgIpc) is 1.57. The van der Waals surface area contributed by atoms with Gasteiger partial charge in [-0.25, -0.2) is 0 Å². The number of unbranched alkanes of at least 4 members (excludes halogenated alkanes) is 6. The van der Waals surface area contributed by atoms with Crippen molar-refractivity contribution in [2.24, 2.45) is 0 Å². The van der Waals surface area contributed by atoms with Crippen LogP contribution in [0.4, 0.5) is 0 Å². The van der Waals surface area contributed by atoms with Crippen LogP contribution in [0.2, 0.25) is 0 Å². The van der Waals surface area contributed by atoms with Crippen LogP contribution in [0.1, 0.15) is 145 Å². The maximum absolute atomic E-state index is 6.36. The van der Waals surface area contributed by atoms with Crippen molar-refractivity contribution in [3.05, 3.63) is 225 Å². The lowest BCUT2D eigenvalue weighted by molar-refractivity contribution is 0.305. The molecule has 0 amide bonds. The first kappa shape index (κ1) is 56.1. The summed E-state index contributed by atoms with van der Waals surface area (Å²) in [4.78, 5) is 0. The van der Waals surface area contributed by atoms with Crippen LogP contribution in [0.15, 0.2) is 170 Å². The highest BCUT2D eigenvalue weighted by atomic mass is 16.5. The van der Waals surface area contributed by atoms with Crippen molar-refractivity contribution in [3.63, 3.8) is 0 Å². The van der Waals surface area contributed by atoms with E-state index < -0.39 is 10.8 Å². The van der Waals surface area contributed by atoms with Crippen LogP contribution >= 0.6 is 0 Å². The molecular formula is C77H90O4. The van der Waals surface area contributed by atoms with Gasteiger partial charge in [-0.2, -0.15) is 0 Å². The quantitative estimate of drug-likeness (QED) is 0.0597. The van der Waals surface area contributed by atoms with Gasteiger partial charge in [0.05, 0.1) is 24.0 Å².